The average molecular weight is 306 g/mol. The second-order valence-electron chi connectivity index (χ2n) is 7.29. The Labute approximate surface area is 130 Å². The maximum atomic E-state index is 13.3. The molecule has 0 saturated carbocycles. The molecule has 4 nitrogen and oxygen atoms in total. The van der Waals surface area contributed by atoms with Crippen molar-refractivity contribution in [3.05, 3.63) is 30.1 Å². The zero-order valence-corrected chi connectivity index (χ0v) is 13.4. The molecule has 0 radical (unpaired) electrons. The van der Waals surface area contributed by atoms with Crippen molar-refractivity contribution in [2.24, 2.45) is 11.8 Å². The van der Waals surface area contributed by atoms with Crippen LogP contribution in [0.2, 0.25) is 0 Å². The van der Waals surface area contributed by atoms with Crippen LogP contribution in [0, 0.1) is 17.7 Å². The molecule has 2 aliphatic heterocycles. The van der Waals surface area contributed by atoms with Crippen molar-refractivity contribution < 1.29 is 13.9 Å². The highest BCUT2D eigenvalue weighted by Crippen LogP contribution is 2.34. The lowest BCUT2D eigenvalue weighted by atomic mass is 10.0. The molecule has 2 aliphatic rings. The smallest absolute Gasteiger partial charge is 0.410 e. The molecular formula is C17H23FN2O2. The second kappa shape index (κ2) is 5.45. The van der Waals surface area contributed by atoms with Crippen LogP contribution in [0.15, 0.2) is 24.3 Å². The standard InChI is InChI=1S/C17H23FN2O2/c1-17(2,3)22-16(21)20-10-12-8-19(9-13(12)11-20)15-6-4-5-14(18)7-15/h4-7,12-13H,8-11H2,1-3H3. The molecule has 5 heteroatoms. The van der Waals surface area contributed by atoms with Gasteiger partial charge in [0.15, 0.2) is 0 Å². The monoisotopic (exact) mass is 306 g/mol. The first-order valence-electron chi connectivity index (χ1n) is 7.80. The summed E-state index contributed by atoms with van der Waals surface area (Å²) in [5.41, 5.74) is 0.473. The summed E-state index contributed by atoms with van der Waals surface area (Å²) in [6, 6.07) is 6.72. The highest BCUT2D eigenvalue weighted by Gasteiger charge is 2.42. The maximum Gasteiger partial charge on any atom is 0.410 e. The summed E-state index contributed by atoms with van der Waals surface area (Å²) < 4.78 is 18.8. The molecule has 22 heavy (non-hydrogen) atoms. The molecule has 2 unspecified atom stereocenters. The van der Waals surface area contributed by atoms with Gasteiger partial charge in [-0.05, 0) is 39.0 Å². The average Bonchev–Trinajstić information content (AvgIpc) is 2.94. The fraction of sp³-hybridized carbons (Fsp3) is 0.588. The maximum absolute atomic E-state index is 13.3. The van der Waals surface area contributed by atoms with Crippen LogP contribution in [-0.4, -0.2) is 42.8 Å². The summed E-state index contributed by atoms with van der Waals surface area (Å²) in [5, 5.41) is 0. The van der Waals surface area contributed by atoms with E-state index in [4.69, 9.17) is 4.74 Å². The number of fused-ring (bicyclic) bond motifs is 1. The van der Waals surface area contributed by atoms with Crippen molar-refractivity contribution in [3.63, 3.8) is 0 Å². The highest BCUT2D eigenvalue weighted by atomic mass is 19.1. The molecule has 2 atom stereocenters. The Morgan fingerprint density at radius 2 is 1.82 bits per heavy atom. The van der Waals surface area contributed by atoms with Gasteiger partial charge in [-0.25, -0.2) is 9.18 Å². The van der Waals surface area contributed by atoms with E-state index in [-0.39, 0.29) is 11.9 Å². The minimum Gasteiger partial charge on any atom is -0.444 e. The quantitative estimate of drug-likeness (QED) is 0.799. The van der Waals surface area contributed by atoms with Crippen molar-refractivity contribution in [2.45, 2.75) is 26.4 Å². The molecule has 0 N–H and O–H groups in total. The van der Waals surface area contributed by atoms with Crippen LogP contribution >= 0.6 is 0 Å². The molecule has 1 amide bonds. The van der Waals surface area contributed by atoms with Gasteiger partial charge < -0.3 is 14.5 Å². The Kier molecular flexibility index (Phi) is 3.75. The largest absolute Gasteiger partial charge is 0.444 e. The summed E-state index contributed by atoms with van der Waals surface area (Å²) in [4.78, 5) is 16.2. The van der Waals surface area contributed by atoms with E-state index in [0.717, 1.165) is 31.9 Å². The number of halogens is 1. The summed E-state index contributed by atoms with van der Waals surface area (Å²) in [6.45, 7) is 8.84. The van der Waals surface area contributed by atoms with Crippen LogP contribution in [0.25, 0.3) is 0 Å². The van der Waals surface area contributed by atoms with E-state index in [1.54, 1.807) is 12.1 Å². The van der Waals surface area contributed by atoms with Crippen molar-refractivity contribution in [1.29, 1.82) is 0 Å². The van der Waals surface area contributed by atoms with Crippen LogP contribution in [0.3, 0.4) is 0 Å². The van der Waals surface area contributed by atoms with Crippen molar-refractivity contribution >= 4 is 11.8 Å². The van der Waals surface area contributed by atoms with E-state index in [1.807, 2.05) is 31.7 Å². The molecule has 2 heterocycles. The fourth-order valence-corrected chi connectivity index (χ4v) is 3.35. The van der Waals surface area contributed by atoms with Gasteiger partial charge in [0, 0.05) is 43.7 Å². The van der Waals surface area contributed by atoms with Gasteiger partial charge in [-0.3, -0.25) is 0 Å². The van der Waals surface area contributed by atoms with Gasteiger partial charge in [-0.2, -0.15) is 0 Å². The van der Waals surface area contributed by atoms with E-state index in [1.165, 1.54) is 6.07 Å². The van der Waals surface area contributed by atoms with E-state index < -0.39 is 5.60 Å². The van der Waals surface area contributed by atoms with Gasteiger partial charge in [0.25, 0.3) is 0 Å². The zero-order chi connectivity index (χ0) is 15.9. The van der Waals surface area contributed by atoms with Crippen LogP contribution in [-0.2, 0) is 4.74 Å². The number of benzene rings is 1. The summed E-state index contributed by atoms with van der Waals surface area (Å²) in [6.07, 6.45) is -0.223. The molecule has 0 spiro atoms. The lowest BCUT2D eigenvalue weighted by molar-refractivity contribution is 0.0282. The first kappa shape index (κ1) is 15.1. The van der Waals surface area contributed by atoms with E-state index in [9.17, 15) is 9.18 Å². The van der Waals surface area contributed by atoms with Crippen LogP contribution < -0.4 is 4.90 Å². The SMILES string of the molecule is CC(C)(C)OC(=O)N1CC2CN(c3cccc(F)c3)CC2C1. The van der Waals surface area contributed by atoms with Gasteiger partial charge in [-0.15, -0.1) is 0 Å². The number of hydrogen-bond acceptors (Lipinski definition) is 3. The third kappa shape index (κ3) is 3.18. The lowest BCUT2D eigenvalue weighted by Gasteiger charge is -2.26. The zero-order valence-electron chi connectivity index (χ0n) is 13.4. The number of hydrogen-bond donors (Lipinski definition) is 0. The Morgan fingerprint density at radius 3 is 2.36 bits per heavy atom. The molecule has 0 bridgehead atoms. The van der Waals surface area contributed by atoms with Crippen molar-refractivity contribution in [2.75, 3.05) is 31.1 Å². The van der Waals surface area contributed by atoms with Gasteiger partial charge >= 0.3 is 6.09 Å². The number of carbonyl (C=O) groups is 1. The number of carbonyl (C=O) groups excluding carboxylic acids is 1. The number of amides is 1. The Hall–Kier alpha value is -1.78. The number of anilines is 1. The first-order valence-corrected chi connectivity index (χ1v) is 7.80. The topological polar surface area (TPSA) is 32.8 Å². The summed E-state index contributed by atoms with van der Waals surface area (Å²) in [5.74, 6) is 0.677. The molecule has 1 aromatic carbocycles. The number of ether oxygens (including phenoxy) is 1. The van der Waals surface area contributed by atoms with Gasteiger partial charge in [0.05, 0.1) is 0 Å². The summed E-state index contributed by atoms with van der Waals surface area (Å²) >= 11 is 0. The van der Waals surface area contributed by atoms with Crippen LogP contribution in [0.4, 0.5) is 14.9 Å². The van der Waals surface area contributed by atoms with Crippen molar-refractivity contribution in [1.82, 2.24) is 4.90 Å². The lowest BCUT2D eigenvalue weighted by Crippen LogP contribution is -2.37. The van der Waals surface area contributed by atoms with E-state index in [2.05, 4.69) is 4.90 Å². The molecule has 0 aromatic heterocycles. The van der Waals surface area contributed by atoms with Crippen molar-refractivity contribution in [3.8, 4) is 0 Å². The molecular weight excluding hydrogens is 283 g/mol. The molecule has 3 rings (SSSR count). The molecule has 0 aliphatic carbocycles. The Balaban J connectivity index is 1.60. The first-order chi connectivity index (χ1) is 10.3. The predicted octanol–water partition coefficient (Wildman–Crippen LogP) is 3.13. The number of likely N-dealkylation sites (tertiary alicyclic amines) is 1. The third-order valence-corrected chi connectivity index (χ3v) is 4.31. The number of nitrogens with zero attached hydrogens (tertiary/aromatic N) is 2. The van der Waals surface area contributed by atoms with Crippen LogP contribution in [0.5, 0.6) is 0 Å². The summed E-state index contributed by atoms with van der Waals surface area (Å²) in [7, 11) is 0. The van der Waals surface area contributed by atoms with Gasteiger partial charge in [-0.1, -0.05) is 6.07 Å². The second-order valence-corrected chi connectivity index (χ2v) is 7.29. The normalized spacial score (nSPS) is 24.5. The minimum absolute atomic E-state index is 0.204. The Bertz CT molecular complexity index is 556. The number of rotatable bonds is 1. The molecule has 2 fully saturated rings. The fourth-order valence-electron chi connectivity index (χ4n) is 3.35. The molecule has 1 aromatic rings. The molecule has 120 valence electrons. The van der Waals surface area contributed by atoms with E-state index >= 15 is 0 Å². The predicted molar refractivity (Wildman–Crippen MR) is 83.4 cm³/mol. The van der Waals surface area contributed by atoms with Gasteiger partial charge in [0.2, 0.25) is 0 Å². The van der Waals surface area contributed by atoms with E-state index in [0.29, 0.717) is 11.8 Å². The highest BCUT2D eigenvalue weighted by molar-refractivity contribution is 5.68. The minimum atomic E-state index is -0.456. The Morgan fingerprint density at radius 1 is 1.18 bits per heavy atom. The van der Waals surface area contributed by atoms with Gasteiger partial charge in [0.1, 0.15) is 11.4 Å². The third-order valence-electron chi connectivity index (χ3n) is 4.31. The molecule has 2 saturated heterocycles. The van der Waals surface area contributed by atoms with Crippen LogP contribution in [0.1, 0.15) is 20.8 Å².